The molecule has 9 heteroatoms. The first kappa shape index (κ1) is 20.9. The van der Waals surface area contributed by atoms with Gasteiger partial charge in [-0.1, -0.05) is 6.92 Å². The standard InChI is InChI=1S/C19H25N3O4S2/c1-3-8-20-17(24)11(2)26-15(23)7-9-27-10-14-21-18(25)16-12-5-4-6-13(12)28-19(16)22-14/h11H,3-10H2,1-2H3,(H,20,24)(H,21,22,25)/t11-/m0/s1. The number of hydrogen-bond acceptors (Lipinski definition) is 7. The van der Waals surface area contributed by atoms with Gasteiger partial charge in [0.2, 0.25) is 0 Å². The molecule has 1 amide bonds. The maximum atomic E-state index is 12.4. The van der Waals surface area contributed by atoms with Gasteiger partial charge in [0, 0.05) is 17.2 Å². The third-order valence-corrected chi connectivity index (χ3v) is 6.70. The van der Waals surface area contributed by atoms with Crippen LogP contribution in [-0.2, 0) is 32.9 Å². The summed E-state index contributed by atoms with van der Waals surface area (Å²) in [6, 6.07) is 0. The quantitative estimate of drug-likeness (QED) is 0.475. The molecule has 1 aliphatic rings. The molecule has 2 N–H and O–H groups in total. The maximum Gasteiger partial charge on any atom is 0.307 e. The molecule has 7 nitrogen and oxygen atoms in total. The van der Waals surface area contributed by atoms with Crippen molar-refractivity contribution in [1.82, 2.24) is 15.3 Å². The van der Waals surface area contributed by atoms with Crippen LogP contribution in [0.4, 0.5) is 0 Å². The minimum Gasteiger partial charge on any atom is -0.453 e. The normalized spacial score (nSPS) is 14.1. The number of carbonyl (C=O) groups excluding carboxylic acids is 2. The summed E-state index contributed by atoms with van der Waals surface area (Å²) in [5, 5.41) is 3.45. The van der Waals surface area contributed by atoms with E-state index in [4.69, 9.17) is 4.74 Å². The number of carbonyl (C=O) groups is 2. The Balaban J connectivity index is 1.46. The number of amides is 1. The molecule has 0 spiro atoms. The Labute approximate surface area is 171 Å². The number of aryl methyl sites for hydroxylation is 2. The number of H-pyrrole nitrogens is 1. The Morgan fingerprint density at radius 3 is 3.00 bits per heavy atom. The fourth-order valence-electron chi connectivity index (χ4n) is 3.14. The van der Waals surface area contributed by atoms with Gasteiger partial charge >= 0.3 is 5.97 Å². The number of nitrogens with one attached hydrogen (secondary N) is 2. The predicted octanol–water partition coefficient (Wildman–Crippen LogP) is 2.55. The Bertz CT molecular complexity index is 922. The maximum absolute atomic E-state index is 12.4. The van der Waals surface area contributed by atoms with Crippen LogP contribution in [0, 0.1) is 0 Å². The molecule has 0 fully saturated rings. The summed E-state index contributed by atoms with van der Waals surface area (Å²) in [5.74, 6) is 1.00. The van der Waals surface area contributed by atoms with Crippen molar-refractivity contribution >= 4 is 45.2 Å². The third kappa shape index (κ3) is 4.94. The number of aromatic amines is 1. The van der Waals surface area contributed by atoms with E-state index in [-0.39, 0.29) is 17.9 Å². The lowest BCUT2D eigenvalue weighted by Crippen LogP contribution is -2.36. The lowest BCUT2D eigenvalue weighted by molar-refractivity contribution is -0.154. The predicted molar refractivity (Wildman–Crippen MR) is 112 cm³/mol. The largest absolute Gasteiger partial charge is 0.453 e. The molecule has 0 aromatic carbocycles. The summed E-state index contributed by atoms with van der Waals surface area (Å²) < 4.78 is 5.14. The highest BCUT2D eigenvalue weighted by Crippen LogP contribution is 2.34. The molecule has 2 aromatic heterocycles. The average molecular weight is 424 g/mol. The molecule has 152 valence electrons. The first-order valence-electron chi connectivity index (χ1n) is 9.58. The van der Waals surface area contributed by atoms with Crippen LogP contribution in [0.1, 0.15) is 49.4 Å². The van der Waals surface area contributed by atoms with E-state index in [0.717, 1.165) is 35.9 Å². The zero-order valence-corrected chi connectivity index (χ0v) is 17.8. The molecule has 0 bridgehead atoms. The van der Waals surface area contributed by atoms with Crippen LogP contribution in [0.15, 0.2) is 4.79 Å². The van der Waals surface area contributed by atoms with Crippen molar-refractivity contribution in [2.45, 2.75) is 57.8 Å². The monoisotopic (exact) mass is 423 g/mol. The van der Waals surface area contributed by atoms with E-state index in [1.54, 1.807) is 18.3 Å². The fourth-order valence-corrected chi connectivity index (χ4v) is 5.21. The summed E-state index contributed by atoms with van der Waals surface area (Å²) in [6.45, 7) is 4.09. The van der Waals surface area contributed by atoms with Gasteiger partial charge < -0.3 is 15.0 Å². The smallest absolute Gasteiger partial charge is 0.307 e. The van der Waals surface area contributed by atoms with Gasteiger partial charge in [0.1, 0.15) is 10.7 Å². The van der Waals surface area contributed by atoms with E-state index in [2.05, 4.69) is 15.3 Å². The first-order valence-corrected chi connectivity index (χ1v) is 11.5. The summed E-state index contributed by atoms with van der Waals surface area (Å²) in [6.07, 6.45) is 3.37. The number of nitrogens with zero attached hydrogens (tertiary/aromatic N) is 1. The topological polar surface area (TPSA) is 101 Å². The van der Waals surface area contributed by atoms with Crippen molar-refractivity contribution in [3.8, 4) is 0 Å². The molecule has 2 heterocycles. The molecule has 3 rings (SSSR count). The second-order valence-corrected chi connectivity index (χ2v) is 8.96. The summed E-state index contributed by atoms with van der Waals surface area (Å²) >= 11 is 3.12. The van der Waals surface area contributed by atoms with Crippen molar-refractivity contribution < 1.29 is 14.3 Å². The SMILES string of the molecule is CCCNC(=O)[C@H](C)OC(=O)CCSCc1nc2sc3c(c2c(=O)[nH]1)CCC3. The van der Waals surface area contributed by atoms with Gasteiger partial charge in [-0.15, -0.1) is 11.3 Å². The van der Waals surface area contributed by atoms with Gasteiger partial charge in [-0.2, -0.15) is 11.8 Å². The van der Waals surface area contributed by atoms with Crippen molar-refractivity contribution in [3.63, 3.8) is 0 Å². The van der Waals surface area contributed by atoms with Gasteiger partial charge in [0.05, 0.1) is 17.6 Å². The highest BCUT2D eigenvalue weighted by Gasteiger charge is 2.21. The van der Waals surface area contributed by atoms with E-state index in [1.165, 1.54) is 22.2 Å². The van der Waals surface area contributed by atoms with Crippen molar-refractivity contribution in [3.05, 3.63) is 26.6 Å². The molecule has 0 unspecified atom stereocenters. The number of hydrogen-bond donors (Lipinski definition) is 2. The molecule has 1 atom stereocenters. The van der Waals surface area contributed by atoms with Crippen molar-refractivity contribution in [2.24, 2.45) is 0 Å². The fraction of sp³-hybridized carbons (Fsp3) is 0.579. The van der Waals surface area contributed by atoms with Crippen LogP contribution in [0.25, 0.3) is 10.2 Å². The van der Waals surface area contributed by atoms with Gasteiger partial charge in [-0.3, -0.25) is 14.4 Å². The lowest BCUT2D eigenvalue weighted by Gasteiger charge is -2.12. The van der Waals surface area contributed by atoms with E-state index < -0.39 is 12.1 Å². The molecule has 28 heavy (non-hydrogen) atoms. The molecular formula is C19H25N3O4S2. The second-order valence-electron chi connectivity index (χ2n) is 6.78. The van der Waals surface area contributed by atoms with Crippen LogP contribution in [0.2, 0.25) is 0 Å². The lowest BCUT2D eigenvalue weighted by atomic mass is 10.2. The average Bonchev–Trinajstić information content (AvgIpc) is 3.23. The molecule has 0 radical (unpaired) electrons. The highest BCUT2D eigenvalue weighted by molar-refractivity contribution is 7.98. The molecule has 0 saturated heterocycles. The number of ether oxygens (including phenoxy) is 1. The summed E-state index contributed by atoms with van der Waals surface area (Å²) in [5.41, 5.74) is 1.11. The van der Waals surface area contributed by atoms with Crippen LogP contribution >= 0.6 is 23.1 Å². The molecular weight excluding hydrogens is 398 g/mol. The van der Waals surface area contributed by atoms with Crippen LogP contribution in [0.3, 0.4) is 0 Å². The zero-order chi connectivity index (χ0) is 20.1. The van der Waals surface area contributed by atoms with E-state index in [9.17, 15) is 14.4 Å². The van der Waals surface area contributed by atoms with Crippen molar-refractivity contribution in [1.29, 1.82) is 0 Å². The molecule has 0 aliphatic heterocycles. The van der Waals surface area contributed by atoms with E-state index in [0.29, 0.717) is 23.9 Å². The minimum absolute atomic E-state index is 0.0636. The number of esters is 1. The zero-order valence-electron chi connectivity index (χ0n) is 16.1. The number of thioether (sulfide) groups is 1. The minimum atomic E-state index is -0.787. The van der Waals surface area contributed by atoms with Crippen LogP contribution < -0.4 is 10.9 Å². The second kappa shape index (κ2) is 9.56. The van der Waals surface area contributed by atoms with Gasteiger partial charge in [-0.25, -0.2) is 4.98 Å². The Morgan fingerprint density at radius 1 is 1.39 bits per heavy atom. The van der Waals surface area contributed by atoms with Crippen LogP contribution in [0.5, 0.6) is 0 Å². The van der Waals surface area contributed by atoms with Crippen LogP contribution in [-0.4, -0.2) is 40.2 Å². The Morgan fingerprint density at radius 2 is 2.21 bits per heavy atom. The van der Waals surface area contributed by atoms with Gasteiger partial charge in [0.15, 0.2) is 6.10 Å². The number of rotatable bonds is 9. The van der Waals surface area contributed by atoms with Gasteiger partial charge in [0.25, 0.3) is 11.5 Å². The molecule has 1 aliphatic carbocycles. The number of thiophene rings is 1. The van der Waals surface area contributed by atoms with Crippen molar-refractivity contribution in [2.75, 3.05) is 12.3 Å². The third-order valence-electron chi connectivity index (χ3n) is 4.54. The molecule has 2 aromatic rings. The Hall–Kier alpha value is -1.87. The van der Waals surface area contributed by atoms with E-state index >= 15 is 0 Å². The first-order chi connectivity index (χ1) is 13.5. The summed E-state index contributed by atoms with van der Waals surface area (Å²) in [4.78, 5) is 45.5. The number of fused-ring (bicyclic) bond motifs is 3. The highest BCUT2D eigenvalue weighted by atomic mass is 32.2. The van der Waals surface area contributed by atoms with E-state index in [1.807, 2.05) is 6.92 Å². The Kier molecular flexibility index (Phi) is 7.12. The number of aromatic nitrogens is 2. The summed E-state index contributed by atoms with van der Waals surface area (Å²) in [7, 11) is 0. The van der Waals surface area contributed by atoms with Gasteiger partial charge in [-0.05, 0) is 38.2 Å². The molecule has 0 saturated carbocycles.